The number of amides is 1. The highest BCUT2D eigenvalue weighted by molar-refractivity contribution is 14.1. The number of hydrogen-bond acceptors (Lipinski definition) is 3. The summed E-state index contributed by atoms with van der Waals surface area (Å²) in [5.41, 5.74) is 1.49. The monoisotopic (exact) mass is 334 g/mol. The Morgan fingerprint density at radius 1 is 1.44 bits per heavy atom. The van der Waals surface area contributed by atoms with Crippen LogP contribution in [0.2, 0.25) is 0 Å². The molecule has 16 heavy (non-hydrogen) atoms. The number of carbonyl (C=O) groups is 1. The van der Waals surface area contributed by atoms with Gasteiger partial charge in [-0.3, -0.25) is 10.2 Å². The van der Waals surface area contributed by atoms with Crippen molar-refractivity contribution >= 4 is 28.5 Å². The zero-order chi connectivity index (χ0) is 12.2. The Morgan fingerprint density at radius 3 is 2.50 bits per heavy atom. The molecule has 0 heterocycles. The molecule has 5 heteroatoms. The van der Waals surface area contributed by atoms with Crippen molar-refractivity contribution < 1.29 is 9.53 Å². The fourth-order valence-electron chi connectivity index (χ4n) is 1.06. The van der Waals surface area contributed by atoms with Crippen molar-refractivity contribution in [2.75, 3.05) is 6.61 Å². The number of carbonyl (C=O) groups excluding carboxylic acids is 1. The number of benzene rings is 1. The molecule has 1 aromatic carbocycles. The molecule has 0 radical (unpaired) electrons. The Labute approximate surface area is 109 Å². The van der Waals surface area contributed by atoms with E-state index < -0.39 is 5.41 Å². The third-order valence-corrected chi connectivity index (χ3v) is 2.88. The first-order valence-electron chi connectivity index (χ1n) is 4.85. The molecule has 4 nitrogen and oxygen atoms in total. The van der Waals surface area contributed by atoms with E-state index >= 15 is 0 Å². The van der Waals surface area contributed by atoms with Gasteiger partial charge < -0.3 is 4.74 Å². The third-order valence-electron chi connectivity index (χ3n) is 2.16. The Hall–Kier alpha value is -0.820. The lowest BCUT2D eigenvalue weighted by Gasteiger charge is -2.22. The van der Waals surface area contributed by atoms with Gasteiger partial charge in [-0.05, 0) is 60.7 Å². The minimum atomic E-state index is -0.641. The van der Waals surface area contributed by atoms with E-state index in [0.717, 1.165) is 9.32 Å². The summed E-state index contributed by atoms with van der Waals surface area (Å²) >= 11 is 2.22. The molecule has 3 N–H and O–H groups in total. The van der Waals surface area contributed by atoms with Crippen molar-refractivity contribution in [2.45, 2.75) is 13.8 Å². The van der Waals surface area contributed by atoms with Crippen LogP contribution in [0.4, 0.5) is 0 Å². The third kappa shape index (κ3) is 3.64. The summed E-state index contributed by atoms with van der Waals surface area (Å²) < 4.78 is 6.67. The van der Waals surface area contributed by atoms with Gasteiger partial charge in [0, 0.05) is 3.57 Å². The molecule has 0 fully saturated rings. The highest BCUT2D eigenvalue weighted by Gasteiger charge is 2.27. The maximum Gasteiger partial charge on any atom is 0.242 e. The second kappa shape index (κ2) is 5.49. The second-order valence-electron chi connectivity index (χ2n) is 4.10. The van der Waals surface area contributed by atoms with Crippen molar-refractivity contribution in [1.29, 1.82) is 0 Å². The van der Waals surface area contributed by atoms with Gasteiger partial charge in [0.2, 0.25) is 5.91 Å². The summed E-state index contributed by atoms with van der Waals surface area (Å²) in [6, 6.07) is 7.65. The van der Waals surface area contributed by atoms with Gasteiger partial charge in [0.05, 0.1) is 5.41 Å². The minimum absolute atomic E-state index is 0.238. The summed E-state index contributed by atoms with van der Waals surface area (Å²) in [6.07, 6.45) is 0. The zero-order valence-corrected chi connectivity index (χ0v) is 11.4. The van der Waals surface area contributed by atoms with Gasteiger partial charge in [-0.15, -0.1) is 0 Å². The molecule has 0 saturated heterocycles. The lowest BCUT2D eigenvalue weighted by molar-refractivity contribution is -0.130. The molecule has 88 valence electrons. The van der Waals surface area contributed by atoms with E-state index in [1.165, 1.54) is 0 Å². The van der Waals surface area contributed by atoms with Crippen molar-refractivity contribution in [3.05, 3.63) is 27.8 Å². The maximum absolute atomic E-state index is 11.4. The van der Waals surface area contributed by atoms with Gasteiger partial charge in [-0.1, -0.05) is 0 Å². The van der Waals surface area contributed by atoms with E-state index in [1.807, 2.05) is 24.3 Å². The van der Waals surface area contributed by atoms with Crippen LogP contribution in [0.1, 0.15) is 13.8 Å². The van der Waals surface area contributed by atoms with Crippen LogP contribution in [0.5, 0.6) is 5.75 Å². The average molecular weight is 334 g/mol. The predicted octanol–water partition coefficient (Wildman–Crippen LogP) is 1.69. The number of halogens is 1. The summed E-state index contributed by atoms with van der Waals surface area (Å²) in [4.78, 5) is 11.4. The molecule has 0 aliphatic carbocycles. The van der Waals surface area contributed by atoms with Crippen molar-refractivity contribution in [2.24, 2.45) is 11.3 Å². The predicted molar refractivity (Wildman–Crippen MR) is 70.8 cm³/mol. The Bertz CT molecular complexity index is 363. The molecule has 0 bridgehead atoms. The fourth-order valence-corrected chi connectivity index (χ4v) is 1.42. The quantitative estimate of drug-likeness (QED) is 0.381. The van der Waals surface area contributed by atoms with Crippen LogP contribution in [-0.2, 0) is 4.79 Å². The van der Waals surface area contributed by atoms with E-state index in [-0.39, 0.29) is 12.5 Å². The van der Waals surface area contributed by atoms with E-state index in [1.54, 1.807) is 13.8 Å². The number of rotatable bonds is 4. The molecule has 0 unspecified atom stereocenters. The van der Waals surface area contributed by atoms with Gasteiger partial charge in [-0.25, -0.2) is 5.84 Å². The molecule has 0 aromatic heterocycles. The Balaban J connectivity index is 2.57. The first-order valence-corrected chi connectivity index (χ1v) is 5.93. The Morgan fingerprint density at radius 2 is 2.00 bits per heavy atom. The smallest absolute Gasteiger partial charge is 0.242 e. The van der Waals surface area contributed by atoms with Crippen LogP contribution in [0.15, 0.2) is 24.3 Å². The van der Waals surface area contributed by atoms with Crippen LogP contribution in [0, 0.1) is 8.99 Å². The van der Waals surface area contributed by atoms with E-state index in [9.17, 15) is 4.79 Å². The summed E-state index contributed by atoms with van der Waals surface area (Å²) in [5, 5.41) is 0. The maximum atomic E-state index is 11.4. The fraction of sp³-hybridized carbons (Fsp3) is 0.364. The van der Waals surface area contributed by atoms with Gasteiger partial charge in [0.1, 0.15) is 12.4 Å². The molecule has 0 aliphatic heterocycles. The molecule has 0 spiro atoms. The molecular weight excluding hydrogens is 319 g/mol. The summed E-state index contributed by atoms with van der Waals surface area (Å²) in [7, 11) is 0. The van der Waals surface area contributed by atoms with Gasteiger partial charge in [0.25, 0.3) is 0 Å². The Kier molecular flexibility index (Phi) is 4.55. The van der Waals surface area contributed by atoms with Crippen LogP contribution < -0.4 is 16.0 Å². The number of nitrogens with two attached hydrogens (primary N) is 1. The van der Waals surface area contributed by atoms with E-state index in [2.05, 4.69) is 28.0 Å². The number of ether oxygens (including phenoxy) is 1. The highest BCUT2D eigenvalue weighted by atomic mass is 127. The molecule has 0 saturated carbocycles. The number of hydrazine groups is 1. The second-order valence-corrected chi connectivity index (χ2v) is 5.35. The largest absolute Gasteiger partial charge is 0.492 e. The lowest BCUT2D eigenvalue weighted by atomic mass is 9.94. The highest BCUT2D eigenvalue weighted by Crippen LogP contribution is 2.19. The lowest BCUT2D eigenvalue weighted by Crippen LogP contribution is -2.44. The minimum Gasteiger partial charge on any atom is -0.492 e. The molecule has 1 aromatic rings. The SMILES string of the molecule is CC(C)(COc1ccc(I)cc1)C(=O)NN. The average Bonchev–Trinajstić information content (AvgIpc) is 2.27. The molecule has 1 rings (SSSR count). The van der Waals surface area contributed by atoms with Crippen LogP contribution in [-0.4, -0.2) is 12.5 Å². The molecular formula is C11H15IN2O2. The van der Waals surface area contributed by atoms with Crippen molar-refractivity contribution in [3.63, 3.8) is 0 Å². The summed E-state index contributed by atoms with van der Waals surface area (Å²) in [5.74, 6) is 5.60. The molecule has 1 amide bonds. The number of hydrogen-bond donors (Lipinski definition) is 2. The number of nitrogens with one attached hydrogen (secondary N) is 1. The van der Waals surface area contributed by atoms with Crippen LogP contribution in [0.3, 0.4) is 0 Å². The van der Waals surface area contributed by atoms with Gasteiger partial charge in [0.15, 0.2) is 0 Å². The molecule has 0 aliphatic rings. The first kappa shape index (κ1) is 13.2. The normalized spacial score (nSPS) is 11.0. The van der Waals surface area contributed by atoms with Gasteiger partial charge >= 0.3 is 0 Å². The van der Waals surface area contributed by atoms with Gasteiger partial charge in [-0.2, -0.15) is 0 Å². The van der Waals surface area contributed by atoms with Crippen LogP contribution in [0.25, 0.3) is 0 Å². The van der Waals surface area contributed by atoms with E-state index in [4.69, 9.17) is 10.6 Å². The molecule has 0 atom stereocenters. The van der Waals surface area contributed by atoms with E-state index in [0.29, 0.717) is 0 Å². The van der Waals surface area contributed by atoms with Crippen LogP contribution >= 0.6 is 22.6 Å². The first-order chi connectivity index (χ1) is 7.45. The zero-order valence-electron chi connectivity index (χ0n) is 9.29. The topological polar surface area (TPSA) is 64.3 Å². The van der Waals surface area contributed by atoms with Crippen molar-refractivity contribution in [3.8, 4) is 5.75 Å². The van der Waals surface area contributed by atoms with Crippen molar-refractivity contribution in [1.82, 2.24) is 5.43 Å². The standard InChI is InChI=1S/C11H15IN2O2/c1-11(2,10(15)14-13)7-16-9-5-3-8(12)4-6-9/h3-6H,7,13H2,1-2H3,(H,14,15). The summed E-state index contributed by atoms with van der Waals surface area (Å²) in [6.45, 7) is 3.85.